The number of carbonyl (C=O) groups excluding carboxylic acids is 4. The normalized spacial score (nSPS) is 14.5. The fourth-order valence-electron chi connectivity index (χ4n) is 3.44. The van der Waals surface area contributed by atoms with Crippen molar-refractivity contribution in [3.8, 4) is 5.75 Å². The zero-order valence-electron chi connectivity index (χ0n) is 19.2. The van der Waals surface area contributed by atoms with Crippen molar-refractivity contribution >= 4 is 76.0 Å². The quantitative estimate of drug-likeness (QED) is 0.301. The minimum absolute atomic E-state index is 0.0445. The predicted molar refractivity (Wildman–Crippen MR) is 142 cm³/mol. The molecule has 11 heteroatoms. The average Bonchev–Trinajstić information content (AvgIpc) is 2.84. The van der Waals surface area contributed by atoms with E-state index in [4.69, 9.17) is 39.5 Å². The number of barbiturate groups is 1. The van der Waals surface area contributed by atoms with Gasteiger partial charge in [-0.3, -0.25) is 19.7 Å². The fourth-order valence-corrected chi connectivity index (χ4v) is 4.24. The van der Waals surface area contributed by atoms with Crippen LogP contribution in [-0.2, 0) is 14.4 Å². The van der Waals surface area contributed by atoms with Gasteiger partial charge >= 0.3 is 6.03 Å². The first-order valence-electron chi connectivity index (χ1n) is 10.8. The molecule has 0 atom stereocenters. The van der Waals surface area contributed by atoms with Crippen LogP contribution in [0.5, 0.6) is 5.75 Å². The Balaban J connectivity index is 1.50. The highest BCUT2D eigenvalue weighted by Gasteiger charge is 2.36. The lowest BCUT2D eigenvalue weighted by molar-refractivity contribution is -0.122. The first kappa shape index (κ1) is 26.2. The van der Waals surface area contributed by atoms with Gasteiger partial charge in [0.15, 0.2) is 12.4 Å². The lowest BCUT2D eigenvalue weighted by atomic mass is 10.1. The zero-order valence-corrected chi connectivity index (χ0v) is 21.4. The third-order valence-corrected chi connectivity index (χ3v) is 6.22. The number of hydrogen-bond donors (Lipinski definition) is 2. The summed E-state index contributed by atoms with van der Waals surface area (Å²) in [6.07, 6.45) is 1.26. The summed E-state index contributed by atoms with van der Waals surface area (Å²) >= 11 is 18.7. The van der Waals surface area contributed by atoms with Gasteiger partial charge in [-0.25, -0.2) is 9.69 Å². The number of nitrogens with zero attached hydrogens (tertiary/aromatic N) is 1. The van der Waals surface area contributed by atoms with Crippen molar-refractivity contribution in [2.75, 3.05) is 16.8 Å². The molecule has 1 fully saturated rings. The molecule has 3 aromatic carbocycles. The Labute approximate surface area is 226 Å². The smallest absolute Gasteiger partial charge is 0.335 e. The Morgan fingerprint density at radius 1 is 0.973 bits per heavy atom. The molecule has 3 aromatic rings. The second-order valence-corrected chi connectivity index (χ2v) is 9.13. The molecule has 5 amide bonds. The van der Waals surface area contributed by atoms with E-state index < -0.39 is 23.8 Å². The molecule has 0 aliphatic carbocycles. The number of hydrogen-bond acceptors (Lipinski definition) is 5. The van der Waals surface area contributed by atoms with Crippen LogP contribution in [-0.4, -0.2) is 30.4 Å². The maximum atomic E-state index is 13.0. The Morgan fingerprint density at radius 2 is 1.65 bits per heavy atom. The van der Waals surface area contributed by atoms with Gasteiger partial charge in [-0.15, -0.1) is 0 Å². The summed E-state index contributed by atoms with van der Waals surface area (Å²) in [6, 6.07) is 15.2. The van der Waals surface area contributed by atoms with Gasteiger partial charge in [0.05, 0.1) is 15.7 Å². The second-order valence-electron chi connectivity index (χ2n) is 7.91. The van der Waals surface area contributed by atoms with E-state index >= 15 is 0 Å². The number of halogens is 3. The number of nitrogens with one attached hydrogen (secondary N) is 2. The maximum Gasteiger partial charge on any atom is 0.335 e. The predicted octanol–water partition coefficient (Wildman–Crippen LogP) is 5.64. The van der Waals surface area contributed by atoms with Crippen molar-refractivity contribution in [3.63, 3.8) is 0 Å². The molecule has 0 bridgehead atoms. The van der Waals surface area contributed by atoms with Crippen molar-refractivity contribution < 1.29 is 23.9 Å². The largest absolute Gasteiger partial charge is 0.481 e. The van der Waals surface area contributed by atoms with E-state index in [1.165, 1.54) is 18.2 Å². The summed E-state index contributed by atoms with van der Waals surface area (Å²) in [6.45, 7) is 1.45. The SMILES string of the molecule is Cc1ccc(NC(=O)COc2c(Cl)cc(/C=C3/C(=O)NC(=O)N(c4ccccc4)C3=O)cc2Cl)cc1Cl. The van der Waals surface area contributed by atoms with Gasteiger partial charge in [0, 0.05) is 10.7 Å². The van der Waals surface area contributed by atoms with Crippen LogP contribution in [0.1, 0.15) is 11.1 Å². The highest BCUT2D eigenvalue weighted by atomic mass is 35.5. The molecule has 1 aliphatic heterocycles. The number of urea groups is 1. The van der Waals surface area contributed by atoms with Crippen molar-refractivity contribution in [1.82, 2.24) is 5.32 Å². The first-order chi connectivity index (χ1) is 17.6. The van der Waals surface area contributed by atoms with E-state index in [0.717, 1.165) is 10.5 Å². The number of aryl methyl sites for hydroxylation is 1. The van der Waals surface area contributed by atoms with Gasteiger partial charge in [-0.05, 0) is 60.5 Å². The van der Waals surface area contributed by atoms with Crippen LogP contribution in [0.4, 0.5) is 16.2 Å². The van der Waals surface area contributed by atoms with E-state index in [-0.39, 0.29) is 28.0 Å². The monoisotopic (exact) mass is 557 g/mol. The molecule has 0 unspecified atom stereocenters. The molecule has 0 radical (unpaired) electrons. The number of benzene rings is 3. The molecule has 1 heterocycles. The molecule has 4 rings (SSSR count). The summed E-state index contributed by atoms with van der Waals surface area (Å²) in [5, 5.41) is 5.40. The Kier molecular flexibility index (Phi) is 7.83. The Morgan fingerprint density at radius 3 is 2.30 bits per heavy atom. The third kappa shape index (κ3) is 5.94. The second kappa shape index (κ2) is 11.0. The van der Waals surface area contributed by atoms with Crippen molar-refractivity contribution in [2.45, 2.75) is 6.92 Å². The average molecular weight is 559 g/mol. The molecule has 8 nitrogen and oxygen atoms in total. The molecular weight excluding hydrogens is 541 g/mol. The molecule has 0 spiro atoms. The molecule has 188 valence electrons. The van der Waals surface area contributed by atoms with Gasteiger partial charge in [0.25, 0.3) is 17.7 Å². The van der Waals surface area contributed by atoms with Crippen LogP contribution in [0.15, 0.2) is 66.2 Å². The first-order valence-corrected chi connectivity index (χ1v) is 11.9. The number of para-hydroxylation sites is 1. The summed E-state index contributed by atoms with van der Waals surface area (Å²) in [5.41, 5.74) is 1.69. The van der Waals surface area contributed by atoms with E-state index in [2.05, 4.69) is 10.6 Å². The van der Waals surface area contributed by atoms with Crippen molar-refractivity contribution in [3.05, 3.63) is 92.4 Å². The number of anilines is 2. The third-order valence-electron chi connectivity index (χ3n) is 5.25. The van der Waals surface area contributed by atoms with Gasteiger partial charge in [0.1, 0.15) is 5.57 Å². The summed E-state index contributed by atoms with van der Waals surface area (Å²) in [5.74, 6) is -2.08. The zero-order chi connectivity index (χ0) is 26.7. The molecular formula is C26H18Cl3N3O5. The summed E-state index contributed by atoms with van der Waals surface area (Å²) in [4.78, 5) is 50.8. The maximum absolute atomic E-state index is 13.0. The van der Waals surface area contributed by atoms with Crippen molar-refractivity contribution in [2.24, 2.45) is 0 Å². The lowest BCUT2D eigenvalue weighted by Crippen LogP contribution is -2.54. The summed E-state index contributed by atoms with van der Waals surface area (Å²) < 4.78 is 5.50. The molecule has 0 aromatic heterocycles. The van der Waals surface area contributed by atoms with Crippen LogP contribution in [0.25, 0.3) is 6.08 Å². The van der Waals surface area contributed by atoms with Gasteiger partial charge < -0.3 is 10.1 Å². The fraction of sp³-hybridized carbons (Fsp3) is 0.0769. The topological polar surface area (TPSA) is 105 Å². The highest BCUT2D eigenvalue weighted by molar-refractivity contribution is 6.40. The number of imide groups is 2. The number of amides is 5. The molecule has 1 aliphatic rings. The minimum Gasteiger partial charge on any atom is -0.481 e. The number of ether oxygens (including phenoxy) is 1. The molecule has 1 saturated heterocycles. The molecule has 2 N–H and O–H groups in total. The van der Waals surface area contributed by atoms with Crippen LogP contribution >= 0.6 is 34.8 Å². The van der Waals surface area contributed by atoms with E-state index in [1.807, 2.05) is 6.92 Å². The summed E-state index contributed by atoms with van der Waals surface area (Å²) in [7, 11) is 0. The standard InChI is InChI=1S/C26H18Cl3N3O5/c1-14-7-8-16(12-19(14)27)30-22(33)13-37-23-20(28)10-15(11-21(23)29)9-18-24(34)31-26(36)32(25(18)35)17-5-3-2-4-6-17/h2-12H,13H2,1H3,(H,30,33)(H,31,34,36)/b18-9-. The van der Waals surface area contributed by atoms with E-state index in [0.29, 0.717) is 22.0 Å². The minimum atomic E-state index is -0.859. The number of rotatable bonds is 6. The number of carbonyl (C=O) groups is 4. The van der Waals surface area contributed by atoms with Crippen LogP contribution in [0, 0.1) is 6.92 Å². The van der Waals surface area contributed by atoms with Crippen LogP contribution < -0.4 is 20.3 Å². The van der Waals surface area contributed by atoms with Gasteiger partial charge in [-0.2, -0.15) is 0 Å². The Bertz CT molecular complexity index is 1430. The molecule has 37 heavy (non-hydrogen) atoms. The van der Waals surface area contributed by atoms with E-state index in [9.17, 15) is 19.2 Å². The van der Waals surface area contributed by atoms with Crippen LogP contribution in [0.3, 0.4) is 0 Å². The lowest BCUT2D eigenvalue weighted by Gasteiger charge is -2.26. The highest BCUT2D eigenvalue weighted by Crippen LogP contribution is 2.35. The van der Waals surface area contributed by atoms with Gasteiger partial charge in [0.2, 0.25) is 0 Å². The van der Waals surface area contributed by atoms with Gasteiger partial charge in [-0.1, -0.05) is 59.1 Å². The van der Waals surface area contributed by atoms with E-state index in [1.54, 1.807) is 48.5 Å². The van der Waals surface area contributed by atoms with Crippen LogP contribution in [0.2, 0.25) is 15.1 Å². The van der Waals surface area contributed by atoms with Crippen molar-refractivity contribution in [1.29, 1.82) is 0 Å². The molecule has 0 saturated carbocycles. The Hall–Kier alpha value is -3.85.